The molecule has 2 heterocycles. The van der Waals surface area contributed by atoms with Crippen LogP contribution in [0.4, 0.5) is 21.9 Å². The molecule has 1 aliphatic rings. The molecule has 8 nitrogen and oxygen atoms in total. The summed E-state index contributed by atoms with van der Waals surface area (Å²) in [5.41, 5.74) is 9.46. The summed E-state index contributed by atoms with van der Waals surface area (Å²) in [5.74, 6) is -0.0927. The molecule has 0 bridgehead atoms. The number of carbonyl (C=O) groups is 2. The molecule has 1 fully saturated rings. The molecule has 170 valence electrons. The summed E-state index contributed by atoms with van der Waals surface area (Å²) in [6.45, 7) is 1.55. The van der Waals surface area contributed by atoms with Crippen molar-refractivity contribution in [3.63, 3.8) is 0 Å². The van der Waals surface area contributed by atoms with Crippen LogP contribution in [0.5, 0.6) is 0 Å². The van der Waals surface area contributed by atoms with Crippen molar-refractivity contribution >= 4 is 29.1 Å². The van der Waals surface area contributed by atoms with E-state index in [2.05, 4.69) is 20.5 Å². The fourth-order valence-electron chi connectivity index (χ4n) is 4.05. The van der Waals surface area contributed by atoms with Gasteiger partial charge >= 0.3 is 6.09 Å². The maximum absolute atomic E-state index is 12.6. The topological polar surface area (TPSA) is 110 Å². The summed E-state index contributed by atoms with van der Waals surface area (Å²) in [6, 6.07) is 18.4. The molecular weight excluding hydrogens is 418 g/mol. The van der Waals surface area contributed by atoms with E-state index in [0.29, 0.717) is 16.9 Å². The van der Waals surface area contributed by atoms with Gasteiger partial charge in [0.05, 0.1) is 11.4 Å². The van der Waals surface area contributed by atoms with Crippen LogP contribution < -0.4 is 21.3 Å². The van der Waals surface area contributed by atoms with E-state index in [4.69, 9.17) is 10.5 Å². The minimum Gasteiger partial charge on any atom is -0.441 e. The number of nitrogens with zero attached hydrogens (tertiary/aromatic N) is 2. The number of nitrogens with one attached hydrogen (secondary N) is 2. The zero-order valence-corrected chi connectivity index (χ0v) is 18.4. The Morgan fingerprint density at radius 2 is 1.91 bits per heavy atom. The van der Waals surface area contributed by atoms with E-state index in [1.54, 1.807) is 43.7 Å². The molecule has 2 unspecified atom stereocenters. The Morgan fingerprint density at radius 3 is 2.61 bits per heavy atom. The monoisotopic (exact) mass is 445 g/mol. The second-order valence-corrected chi connectivity index (χ2v) is 7.95. The SMILES string of the molecule is CNC(=O)OC(c1cccnc1)C1CCN(c2ccc(C(=O)Nc3ccccc3N)cc2)C1. The van der Waals surface area contributed by atoms with Crippen molar-refractivity contribution in [1.29, 1.82) is 0 Å². The molecular formula is C25H27N5O3. The molecule has 2 amide bonds. The van der Waals surface area contributed by atoms with Crippen LogP contribution >= 0.6 is 0 Å². The largest absolute Gasteiger partial charge is 0.441 e. The number of carbonyl (C=O) groups excluding carboxylic acids is 2. The van der Waals surface area contributed by atoms with Gasteiger partial charge in [-0.15, -0.1) is 0 Å². The average Bonchev–Trinajstić information content (AvgIpc) is 3.34. The molecule has 2 aromatic carbocycles. The Morgan fingerprint density at radius 1 is 1.12 bits per heavy atom. The lowest BCUT2D eigenvalue weighted by molar-refractivity contribution is 0.0678. The summed E-state index contributed by atoms with van der Waals surface area (Å²) in [7, 11) is 1.55. The summed E-state index contributed by atoms with van der Waals surface area (Å²) < 4.78 is 5.69. The first-order valence-corrected chi connectivity index (χ1v) is 10.8. The standard InChI is InChI=1S/C25H27N5O3/c1-27-25(32)33-23(18-5-4-13-28-15-18)19-12-14-30(16-19)20-10-8-17(9-11-20)24(31)29-22-7-3-2-6-21(22)26/h2-11,13,15,19,23H,12,14,16,26H2,1H3,(H,27,32)(H,29,31). The van der Waals surface area contributed by atoms with Crippen LogP contribution in [0.2, 0.25) is 0 Å². The number of pyridine rings is 1. The Hall–Kier alpha value is -4.07. The van der Waals surface area contributed by atoms with Gasteiger partial charge in [0.2, 0.25) is 0 Å². The second-order valence-electron chi connectivity index (χ2n) is 7.95. The Balaban J connectivity index is 1.43. The fraction of sp³-hybridized carbons (Fsp3) is 0.240. The van der Waals surface area contributed by atoms with Crippen molar-refractivity contribution in [2.24, 2.45) is 5.92 Å². The van der Waals surface area contributed by atoms with Crippen LogP contribution in [-0.2, 0) is 4.74 Å². The molecule has 0 saturated carbocycles. The molecule has 3 aromatic rings. The number of para-hydroxylation sites is 2. The van der Waals surface area contributed by atoms with Crippen molar-refractivity contribution in [1.82, 2.24) is 10.3 Å². The molecule has 1 saturated heterocycles. The van der Waals surface area contributed by atoms with Crippen LogP contribution in [0.3, 0.4) is 0 Å². The van der Waals surface area contributed by atoms with Crippen molar-refractivity contribution < 1.29 is 14.3 Å². The predicted octanol–water partition coefficient (Wildman–Crippen LogP) is 3.84. The second kappa shape index (κ2) is 10.0. The Kier molecular flexibility index (Phi) is 6.73. The number of nitrogen functional groups attached to an aromatic ring is 1. The lowest BCUT2D eigenvalue weighted by Gasteiger charge is -2.25. The molecule has 4 rings (SSSR count). The quantitative estimate of drug-likeness (QED) is 0.498. The van der Waals surface area contributed by atoms with Crippen LogP contribution in [0.1, 0.15) is 28.4 Å². The molecule has 1 aliphatic heterocycles. The summed E-state index contributed by atoms with van der Waals surface area (Å²) >= 11 is 0. The first-order valence-electron chi connectivity index (χ1n) is 10.8. The van der Waals surface area contributed by atoms with E-state index in [1.807, 2.05) is 36.4 Å². The van der Waals surface area contributed by atoms with E-state index in [0.717, 1.165) is 30.8 Å². The average molecular weight is 446 g/mol. The molecule has 8 heteroatoms. The zero-order chi connectivity index (χ0) is 23.2. The molecule has 1 aromatic heterocycles. The van der Waals surface area contributed by atoms with Gasteiger partial charge in [-0.25, -0.2) is 4.79 Å². The maximum atomic E-state index is 12.6. The summed E-state index contributed by atoms with van der Waals surface area (Å²) in [4.78, 5) is 30.9. The smallest absolute Gasteiger partial charge is 0.407 e. The minimum absolute atomic E-state index is 0.121. The van der Waals surface area contributed by atoms with Crippen molar-refractivity contribution in [3.05, 3.63) is 84.2 Å². The molecule has 4 N–H and O–H groups in total. The molecule has 33 heavy (non-hydrogen) atoms. The predicted molar refractivity (Wildman–Crippen MR) is 128 cm³/mol. The number of nitrogens with two attached hydrogens (primary N) is 1. The van der Waals surface area contributed by atoms with Gasteiger partial charge in [0, 0.05) is 55.3 Å². The summed E-state index contributed by atoms with van der Waals surface area (Å²) in [6.07, 6.45) is 3.46. The Labute approximate surface area is 192 Å². The minimum atomic E-state index is -0.461. The lowest BCUT2D eigenvalue weighted by Crippen LogP contribution is -2.28. The normalized spacial score (nSPS) is 16.2. The van der Waals surface area contributed by atoms with Crippen LogP contribution in [-0.4, -0.2) is 37.1 Å². The summed E-state index contributed by atoms with van der Waals surface area (Å²) in [5, 5.41) is 5.37. The first-order chi connectivity index (χ1) is 16.0. The number of alkyl carbamates (subject to hydrolysis) is 1. The molecule has 0 radical (unpaired) electrons. The lowest BCUT2D eigenvalue weighted by atomic mass is 9.96. The van der Waals surface area contributed by atoms with E-state index in [1.165, 1.54) is 0 Å². The first kappa shape index (κ1) is 22.1. The van der Waals surface area contributed by atoms with Gasteiger partial charge in [0.15, 0.2) is 0 Å². The third-order valence-corrected chi connectivity index (χ3v) is 5.81. The zero-order valence-electron chi connectivity index (χ0n) is 18.4. The fourth-order valence-corrected chi connectivity index (χ4v) is 4.05. The Bertz CT molecular complexity index is 1100. The number of anilines is 3. The molecule has 2 atom stereocenters. The van der Waals surface area contributed by atoms with Gasteiger partial charge in [-0.1, -0.05) is 18.2 Å². The van der Waals surface area contributed by atoms with Crippen LogP contribution in [0.15, 0.2) is 73.1 Å². The van der Waals surface area contributed by atoms with Crippen molar-refractivity contribution in [2.75, 3.05) is 36.1 Å². The van der Waals surface area contributed by atoms with Crippen molar-refractivity contribution in [2.45, 2.75) is 12.5 Å². The molecule has 0 spiro atoms. The number of aromatic nitrogens is 1. The molecule has 0 aliphatic carbocycles. The number of rotatable bonds is 6. The highest BCUT2D eigenvalue weighted by molar-refractivity contribution is 6.05. The van der Waals surface area contributed by atoms with Gasteiger partial charge < -0.3 is 26.0 Å². The highest BCUT2D eigenvalue weighted by Crippen LogP contribution is 2.35. The van der Waals surface area contributed by atoms with Gasteiger partial charge in [0.1, 0.15) is 6.10 Å². The number of hydrogen-bond acceptors (Lipinski definition) is 6. The third-order valence-electron chi connectivity index (χ3n) is 5.81. The van der Waals surface area contributed by atoms with Crippen LogP contribution in [0, 0.1) is 5.92 Å². The van der Waals surface area contributed by atoms with Gasteiger partial charge in [0.25, 0.3) is 5.91 Å². The van der Waals surface area contributed by atoms with E-state index in [9.17, 15) is 9.59 Å². The number of hydrogen-bond donors (Lipinski definition) is 3. The third kappa shape index (κ3) is 5.23. The number of ether oxygens (including phenoxy) is 1. The van der Waals surface area contributed by atoms with E-state index < -0.39 is 6.09 Å². The highest BCUT2D eigenvalue weighted by Gasteiger charge is 2.33. The maximum Gasteiger partial charge on any atom is 0.407 e. The van der Waals surface area contributed by atoms with E-state index >= 15 is 0 Å². The van der Waals surface area contributed by atoms with Crippen molar-refractivity contribution in [3.8, 4) is 0 Å². The van der Waals surface area contributed by atoms with Crippen LogP contribution in [0.25, 0.3) is 0 Å². The van der Waals surface area contributed by atoms with Gasteiger partial charge in [-0.05, 0) is 48.9 Å². The number of amides is 2. The van der Waals surface area contributed by atoms with E-state index in [-0.39, 0.29) is 17.9 Å². The highest BCUT2D eigenvalue weighted by atomic mass is 16.6. The van der Waals surface area contributed by atoms with Gasteiger partial charge in [-0.2, -0.15) is 0 Å². The number of benzene rings is 2. The van der Waals surface area contributed by atoms with Gasteiger partial charge in [-0.3, -0.25) is 9.78 Å².